The third-order valence-electron chi connectivity index (χ3n) is 7.17. The number of aromatic nitrogens is 2. The molecule has 1 saturated heterocycles. The maximum absolute atomic E-state index is 12.7. The van der Waals surface area contributed by atoms with E-state index in [1.165, 1.54) is 5.56 Å². The summed E-state index contributed by atoms with van der Waals surface area (Å²) in [5, 5.41) is 7.33. The van der Waals surface area contributed by atoms with Crippen LogP contribution in [0.2, 0.25) is 0 Å². The molecule has 10 heteroatoms. The summed E-state index contributed by atoms with van der Waals surface area (Å²) in [6, 6.07) is 21.3. The van der Waals surface area contributed by atoms with E-state index in [2.05, 4.69) is 27.8 Å². The summed E-state index contributed by atoms with van der Waals surface area (Å²) in [6.07, 6.45) is 2.19. The summed E-state index contributed by atoms with van der Waals surface area (Å²) >= 11 is 0. The lowest BCUT2D eigenvalue weighted by Crippen LogP contribution is -2.41. The molecule has 220 valence electrons. The van der Waals surface area contributed by atoms with Gasteiger partial charge in [-0.1, -0.05) is 30.3 Å². The number of hydrogen-bond acceptors (Lipinski definition) is 8. The number of hydrogen-bond donors (Lipinski definition) is 2. The molecule has 0 aliphatic carbocycles. The van der Waals surface area contributed by atoms with Crippen molar-refractivity contribution in [1.29, 1.82) is 0 Å². The van der Waals surface area contributed by atoms with Gasteiger partial charge in [0.15, 0.2) is 12.4 Å². The molecule has 2 N–H and O–H groups in total. The minimum atomic E-state index is -0.561. The first-order valence-electron chi connectivity index (χ1n) is 14.4. The average Bonchev–Trinajstić information content (AvgIpc) is 3.65. The molecule has 0 bridgehead atoms. The van der Waals surface area contributed by atoms with Gasteiger partial charge in [0.2, 0.25) is 0 Å². The summed E-state index contributed by atoms with van der Waals surface area (Å²) in [5.74, 6) is 1.50. The fourth-order valence-corrected chi connectivity index (χ4v) is 5.13. The number of anilines is 2. The minimum Gasteiger partial charge on any atom is -0.484 e. The monoisotopic (exact) mass is 578 g/mol. The quantitative estimate of drug-likeness (QED) is 0.298. The van der Waals surface area contributed by atoms with Gasteiger partial charge in [0, 0.05) is 42.0 Å². The van der Waals surface area contributed by atoms with Gasteiger partial charge in [0.05, 0.1) is 12.1 Å². The van der Waals surface area contributed by atoms with E-state index in [4.69, 9.17) is 19.4 Å². The van der Waals surface area contributed by atoms with Crippen molar-refractivity contribution in [3.8, 4) is 17.1 Å². The third kappa shape index (κ3) is 6.74. The standard InChI is InChI=1S/C33H34N6O4/c1-33(2,3)43-32(41)39-14-13-25(19-39)35-29(40)20-42-26-8-6-7-21(16-26)30-37-28-10-5-4-9-27(28)31(38-30)36-24-12-11-22-17-34-18-23(22)15-24/h4-12,15-16,18,25H,13-14,17,19-20H2,1-3H3,(H,35,40)(H,36,37,38)/t25-/m1/s1. The Morgan fingerprint density at radius 1 is 1.02 bits per heavy atom. The largest absolute Gasteiger partial charge is 0.484 e. The SMILES string of the molecule is CC(C)(C)OC(=O)N1CC[C@@H](NC(=O)COc2cccc(-c3nc(Nc4ccc5c(c4)C=NC5)c4ccccc4n3)c2)C1. The zero-order valence-corrected chi connectivity index (χ0v) is 24.5. The maximum Gasteiger partial charge on any atom is 0.410 e. The Balaban J connectivity index is 1.12. The van der Waals surface area contributed by atoms with Gasteiger partial charge in [-0.05, 0) is 74.7 Å². The summed E-state index contributed by atoms with van der Waals surface area (Å²) in [7, 11) is 0. The van der Waals surface area contributed by atoms with Gasteiger partial charge in [0.25, 0.3) is 5.91 Å². The summed E-state index contributed by atoms with van der Waals surface area (Å²) in [5.41, 5.74) is 4.23. The van der Waals surface area contributed by atoms with Crippen LogP contribution in [0.5, 0.6) is 5.75 Å². The number of aliphatic imine (C=N–C) groups is 1. The Morgan fingerprint density at radius 2 is 1.88 bits per heavy atom. The fraction of sp³-hybridized carbons (Fsp3) is 0.303. The second kappa shape index (κ2) is 11.7. The van der Waals surface area contributed by atoms with Crippen LogP contribution in [0.1, 0.15) is 38.3 Å². The molecule has 2 aliphatic rings. The van der Waals surface area contributed by atoms with Crippen molar-refractivity contribution in [1.82, 2.24) is 20.2 Å². The Kier molecular flexibility index (Phi) is 7.67. The fourth-order valence-electron chi connectivity index (χ4n) is 5.13. The van der Waals surface area contributed by atoms with Crippen molar-refractivity contribution in [3.05, 3.63) is 77.9 Å². The predicted octanol–water partition coefficient (Wildman–Crippen LogP) is 5.48. The number of likely N-dealkylation sites (tertiary alicyclic amines) is 1. The summed E-state index contributed by atoms with van der Waals surface area (Å²) in [6.45, 7) is 7.00. The molecular formula is C33H34N6O4. The van der Waals surface area contributed by atoms with Crippen LogP contribution in [0, 0.1) is 0 Å². The molecule has 43 heavy (non-hydrogen) atoms. The van der Waals surface area contributed by atoms with E-state index < -0.39 is 5.60 Å². The minimum absolute atomic E-state index is 0.148. The zero-order chi connectivity index (χ0) is 30.0. The average molecular weight is 579 g/mol. The molecule has 6 rings (SSSR count). The topological polar surface area (TPSA) is 118 Å². The number of nitrogens with zero attached hydrogens (tertiary/aromatic N) is 4. The number of para-hydroxylation sites is 1. The molecule has 1 aromatic heterocycles. The molecule has 0 radical (unpaired) electrons. The van der Waals surface area contributed by atoms with Gasteiger partial charge in [-0.15, -0.1) is 0 Å². The van der Waals surface area contributed by atoms with E-state index >= 15 is 0 Å². The van der Waals surface area contributed by atoms with Crippen LogP contribution < -0.4 is 15.4 Å². The molecular weight excluding hydrogens is 544 g/mol. The lowest BCUT2D eigenvalue weighted by Gasteiger charge is -2.24. The molecule has 0 spiro atoms. The van der Waals surface area contributed by atoms with Crippen LogP contribution in [-0.2, 0) is 16.1 Å². The molecule has 10 nitrogen and oxygen atoms in total. The Bertz CT molecular complexity index is 1710. The number of fused-ring (bicyclic) bond motifs is 2. The second-order valence-electron chi connectivity index (χ2n) is 11.7. The second-order valence-corrected chi connectivity index (χ2v) is 11.7. The van der Waals surface area contributed by atoms with E-state index in [1.54, 1.807) is 11.0 Å². The van der Waals surface area contributed by atoms with E-state index in [0.29, 0.717) is 43.4 Å². The van der Waals surface area contributed by atoms with Crippen molar-refractivity contribution in [2.24, 2.45) is 4.99 Å². The smallest absolute Gasteiger partial charge is 0.410 e. The maximum atomic E-state index is 12.7. The molecule has 2 aliphatic heterocycles. The molecule has 0 saturated carbocycles. The highest BCUT2D eigenvalue weighted by molar-refractivity contribution is 5.93. The highest BCUT2D eigenvalue weighted by atomic mass is 16.6. The lowest BCUT2D eigenvalue weighted by molar-refractivity contribution is -0.123. The van der Waals surface area contributed by atoms with E-state index in [-0.39, 0.29) is 24.6 Å². The first-order valence-corrected chi connectivity index (χ1v) is 14.4. The molecule has 1 atom stereocenters. The highest BCUT2D eigenvalue weighted by Gasteiger charge is 2.30. The van der Waals surface area contributed by atoms with Gasteiger partial charge in [-0.2, -0.15) is 0 Å². The van der Waals surface area contributed by atoms with Crippen LogP contribution >= 0.6 is 0 Å². The first-order chi connectivity index (χ1) is 20.7. The number of benzene rings is 3. The van der Waals surface area contributed by atoms with Crippen LogP contribution in [-0.4, -0.2) is 64.4 Å². The zero-order valence-electron chi connectivity index (χ0n) is 24.5. The van der Waals surface area contributed by atoms with Crippen molar-refractivity contribution in [3.63, 3.8) is 0 Å². The van der Waals surface area contributed by atoms with Crippen molar-refractivity contribution in [2.45, 2.75) is 45.4 Å². The first kappa shape index (κ1) is 28.1. The van der Waals surface area contributed by atoms with Gasteiger partial charge in [0.1, 0.15) is 17.2 Å². The lowest BCUT2D eigenvalue weighted by atomic mass is 10.1. The van der Waals surface area contributed by atoms with Gasteiger partial charge in [-0.25, -0.2) is 14.8 Å². The molecule has 1 fully saturated rings. The number of rotatable bonds is 7. The van der Waals surface area contributed by atoms with Gasteiger partial charge < -0.3 is 25.0 Å². The number of ether oxygens (including phenoxy) is 2. The van der Waals surface area contributed by atoms with E-state index in [9.17, 15) is 9.59 Å². The van der Waals surface area contributed by atoms with Crippen LogP contribution in [0.15, 0.2) is 71.7 Å². The van der Waals surface area contributed by atoms with Crippen molar-refractivity contribution in [2.75, 3.05) is 25.0 Å². The van der Waals surface area contributed by atoms with Crippen LogP contribution in [0.3, 0.4) is 0 Å². The van der Waals surface area contributed by atoms with Crippen LogP contribution in [0.25, 0.3) is 22.3 Å². The molecule has 3 heterocycles. The molecule has 3 aromatic carbocycles. The molecule has 4 aromatic rings. The summed E-state index contributed by atoms with van der Waals surface area (Å²) in [4.78, 5) is 40.6. The Morgan fingerprint density at radius 3 is 2.74 bits per heavy atom. The third-order valence-corrected chi connectivity index (χ3v) is 7.17. The number of carbonyl (C=O) groups excluding carboxylic acids is 2. The normalized spacial score (nSPS) is 15.8. The van der Waals surface area contributed by atoms with Gasteiger partial charge >= 0.3 is 6.09 Å². The summed E-state index contributed by atoms with van der Waals surface area (Å²) < 4.78 is 11.3. The number of carbonyl (C=O) groups is 2. The highest BCUT2D eigenvalue weighted by Crippen LogP contribution is 2.30. The van der Waals surface area contributed by atoms with Gasteiger partial charge in [-0.3, -0.25) is 9.79 Å². The number of amides is 2. The van der Waals surface area contributed by atoms with E-state index in [0.717, 1.165) is 27.7 Å². The van der Waals surface area contributed by atoms with Crippen LogP contribution in [0.4, 0.5) is 16.3 Å². The molecule has 2 amide bonds. The van der Waals surface area contributed by atoms with Crippen molar-refractivity contribution >= 4 is 40.6 Å². The van der Waals surface area contributed by atoms with E-state index in [1.807, 2.05) is 75.5 Å². The Hall–Kier alpha value is -4.99. The molecule has 0 unspecified atom stereocenters. The number of nitrogens with one attached hydrogen (secondary N) is 2. The predicted molar refractivity (Wildman–Crippen MR) is 166 cm³/mol. The Labute approximate surface area is 250 Å². The van der Waals surface area contributed by atoms with Crippen molar-refractivity contribution < 1.29 is 19.1 Å².